The summed E-state index contributed by atoms with van der Waals surface area (Å²) in [5.74, 6) is -0.515. The SMILES string of the molecule is Cc1ccncc1C(=O)Nc1ccc(NC(=O)C(C)C)c(Cl)c1. The van der Waals surface area contributed by atoms with Crippen molar-refractivity contribution in [2.75, 3.05) is 10.6 Å². The van der Waals surface area contributed by atoms with E-state index in [1.807, 2.05) is 6.92 Å². The van der Waals surface area contributed by atoms with Crippen molar-refractivity contribution < 1.29 is 9.59 Å². The number of rotatable bonds is 4. The fourth-order valence-electron chi connectivity index (χ4n) is 1.87. The van der Waals surface area contributed by atoms with Gasteiger partial charge in [0, 0.05) is 24.0 Å². The average Bonchev–Trinajstić information content (AvgIpc) is 2.50. The topological polar surface area (TPSA) is 71.1 Å². The van der Waals surface area contributed by atoms with Crippen LogP contribution in [0.2, 0.25) is 5.02 Å². The molecule has 2 amide bonds. The number of pyridine rings is 1. The maximum atomic E-state index is 12.2. The first kappa shape index (κ1) is 17.0. The summed E-state index contributed by atoms with van der Waals surface area (Å²) >= 11 is 6.16. The number of benzene rings is 1. The minimum atomic E-state index is -0.259. The summed E-state index contributed by atoms with van der Waals surface area (Å²) in [7, 11) is 0. The molecule has 0 bridgehead atoms. The Labute approximate surface area is 140 Å². The summed E-state index contributed by atoms with van der Waals surface area (Å²) in [4.78, 5) is 27.9. The molecule has 1 aromatic heterocycles. The van der Waals surface area contributed by atoms with Crippen LogP contribution < -0.4 is 10.6 Å². The zero-order chi connectivity index (χ0) is 17.0. The molecule has 0 unspecified atom stereocenters. The Balaban J connectivity index is 2.13. The standard InChI is InChI=1S/C17H18ClN3O2/c1-10(2)16(22)21-15-5-4-12(8-14(15)18)20-17(23)13-9-19-7-6-11(13)3/h4-10H,1-3H3,(H,20,23)(H,21,22). The normalized spacial score (nSPS) is 10.5. The quantitative estimate of drug-likeness (QED) is 0.892. The Hall–Kier alpha value is -2.40. The molecule has 1 aromatic carbocycles. The zero-order valence-electron chi connectivity index (χ0n) is 13.2. The number of halogens is 1. The number of carbonyl (C=O) groups is 2. The summed E-state index contributed by atoms with van der Waals surface area (Å²) in [5, 5.41) is 5.87. The average molecular weight is 332 g/mol. The molecular formula is C17H18ClN3O2. The van der Waals surface area contributed by atoms with Gasteiger partial charge in [0.2, 0.25) is 5.91 Å². The summed E-state index contributed by atoms with van der Waals surface area (Å²) < 4.78 is 0. The van der Waals surface area contributed by atoms with E-state index in [4.69, 9.17) is 11.6 Å². The molecule has 0 aliphatic carbocycles. The highest BCUT2D eigenvalue weighted by atomic mass is 35.5. The van der Waals surface area contributed by atoms with Crippen molar-refractivity contribution in [1.29, 1.82) is 0 Å². The van der Waals surface area contributed by atoms with Gasteiger partial charge in [0.05, 0.1) is 16.3 Å². The number of amides is 2. The molecule has 1 heterocycles. The van der Waals surface area contributed by atoms with Crippen molar-refractivity contribution in [1.82, 2.24) is 4.98 Å². The van der Waals surface area contributed by atoms with Crippen LogP contribution in [-0.4, -0.2) is 16.8 Å². The van der Waals surface area contributed by atoms with E-state index in [0.717, 1.165) is 5.56 Å². The second-order valence-electron chi connectivity index (χ2n) is 5.48. The van der Waals surface area contributed by atoms with Crippen LogP contribution in [-0.2, 0) is 4.79 Å². The highest BCUT2D eigenvalue weighted by molar-refractivity contribution is 6.34. The molecule has 0 saturated carbocycles. The van der Waals surface area contributed by atoms with E-state index in [1.54, 1.807) is 44.3 Å². The Kier molecular flexibility index (Phi) is 5.34. The molecule has 0 atom stereocenters. The summed E-state index contributed by atoms with van der Waals surface area (Å²) in [5.41, 5.74) is 2.40. The summed E-state index contributed by atoms with van der Waals surface area (Å²) in [6, 6.07) is 6.72. The van der Waals surface area contributed by atoms with Crippen LogP contribution in [0.4, 0.5) is 11.4 Å². The third kappa shape index (κ3) is 4.29. The van der Waals surface area contributed by atoms with Gasteiger partial charge in [-0.05, 0) is 36.8 Å². The van der Waals surface area contributed by atoms with Crippen LogP contribution >= 0.6 is 11.6 Å². The third-order valence-electron chi connectivity index (χ3n) is 3.29. The van der Waals surface area contributed by atoms with Crippen LogP contribution in [0.3, 0.4) is 0 Å². The molecule has 120 valence electrons. The van der Waals surface area contributed by atoms with Crippen molar-refractivity contribution in [3.8, 4) is 0 Å². The number of carbonyl (C=O) groups excluding carboxylic acids is 2. The van der Waals surface area contributed by atoms with Gasteiger partial charge in [0.25, 0.3) is 5.91 Å². The monoisotopic (exact) mass is 331 g/mol. The lowest BCUT2D eigenvalue weighted by molar-refractivity contribution is -0.118. The predicted molar refractivity (Wildman–Crippen MR) is 91.8 cm³/mol. The van der Waals surface area contributed by atoms with E-state index in [1.165, 1.54) is 6.20 Å². The maximum absolute atomic E-state index is 12.2. The van der Waals surface area contributed by atoms with Crippen molar-refractivity contribution in [2.45, 2.75) is 20.8 Å². The first-order valence-corrected chi connectivity index (χ1v) is 7.58. The number of aromatic nitrogens is 1. The van der Waals surface area contributed by atoms with Gasteiger partial charge in [-0.25, -0.2) is 0 Å². The number of hydrogen-bond donors (Lipinski definition) is 2. The van der Waals surface area contributed by atoms with E-state index in [-0.39, 0.29) is 17.7 Å². The lowest BCUT2D eigenvalue weighted by Crippen LogP contribution is -2.18. The minimum absolute atomic E-state index is 0.116. The van der Waals surface area contributed by atoms with E-state index in [9.17, 15) is 9.59 Å². The smallest absolute Gasteiger partial charge is 0.257 e. The van der Waals surface area contributed by atoms with Crippen LogP contribution in [0.25, 0.3) is 0 Å². The molecule has 0 saturated heterocycles. The fourth-order valence-corrected chi connectivity index (χ4v) is 2.10. The highest BCUT2D eigenvalue weighted by Gasteiger charge is 2.12. The van der Waals surface area contributed by atoms with Crippen molar-refractivity contribution >= 4 is 34.8 Å². The Morgan fingerprint density at radius 3 is 2.52 bits per heavy atom. The number of anilines is 2. The fraction of sp³-hybridized carbons (Fsp3) is 0.235. The molecule has 0 fully saturated rings. The largest absolute Gasteiger partial charge is 0.325 e. The van der Waals surface area contributed by atoms with Gasteiger partial charge < -0.3 is 10.6 Å². The number of aryl methyl sites for hydroxylation is 1. The molecule has 0 radical (unpaired) electrons. The Morgan fingerprint density at radius 2 is 1.91 bits per heavy atom. The first-order chi connectivity index (χ1) is 10.9. The minimum Gasteiger partial charge on any atom is -0.325 e. The Morgan fingerprint density at radius 1 is 1.17 bits per heavy atom. The molecule has 0 spiro atoms. The summed E-state index contributed by atoms with van der Waals surface area (Å²) in [6.07, 6.45) is 3.15. The van der Waals surface area contributed by atoms with Gasteiger partial charge in [-0.2, -0.15) is 0 Å². The first-order valence-electron chi connectivity index (χ1n) is 7.21. The number of nitrogens with zero attached hydrogens (tertiary/aromatic N) is 1. The molecular weight excluding hydrogens is 314 g/mol. The number of nitrogens with one attached hydrogen (secondary N) is 2. The molecule has 2 aromatic rings. The Bertz CT molecular complexity index is 744. The van der Waals surface area contributed by atoms with Crippen molar-refractivity contribution in [2.24, 2.45) is 5.92 Å². The molecule has 5 nitrogen and oxygen atoms in total. The van der Waals surface area contributed by atoms with E-state index in [2.05, 4.69) is 15.6 Å². The van der Waals surface area contributed by atoms with Gasteiger partial charge >= 0.3 is 0 Å². The van der Waals surface area contributed by atoms with Gasteiger partial charge in [-0.3, -0.25) is 14.6 Å². The summed E-state index contributed by atoms with van der Waals surface area (Å²) in [6.45, 7) is 5.44. The van der Waals surface area contributed by atoms with Gasteiger partial charge in [-0.1, -0.05) is 25.4 Å². The van der Waals surface area contributed by atoms with E-state index >= 15 is 0 Å². The molecule has 0 aliphatic rings. The highest BCUT2D eigenvalue weighted by Crippen LogP contribution is 2.26. The van der Waals surface area contributed by atoms with Crippen molar-refractivity contribution in [3.05, 3.63) is 52.8 Å². The van der Waals surface area contributed by atoms with Gasteiger partial charge in [0.1, 0.15) is 0 Å². The van der Waals surface area contributed by atoms with Crippen molar-refractivity contribution in [3.63, 3.8) is 0 Å². The van der Waals surface area contributed by atoms with E-state index in [0.29, 0.717) is 22.0 Å². The molecule has 23 heavy (non-hydrogen) atoms. The maximum Gasteiger partial charge on any atom is 0.257 e. The predicted octanol–water partition coefficient (Wildman–Crippen LogP) is 3.89. The number of hydrogen-bond acceptors (Lipinski definition) is 3. The van der Waals surface area contributed by atoms with E-state index < -0.39 is 0 Å². The van der Waals surface area contributed by atoms with Crippen LogP contribution in [0.1, 0.15) is 29.8 Å². The third-order valence-corrected chi connectivity index (χ3v) is 3.61. The lowest BCUT2D eigenvalue weighted by atomic mass is 10.1. The van der Waals surface area contributed by atoms with Crippen LogP contribution in [0, 0.1) is 12.8 Å². The van der Waals surface area contributed by atoms with Crippen LogP contribution in [0.15, 0.2) is 36.7 Å². The molecule has 6 heteroatoms. The van der Waals surface area contributed by atoms with Gasteiger partial charge in [-0.15, -0.1) is 0 Å². The zero-order valence-corrected chi connectivity index (χ0v) is 13.9. The second-order valence-corrected chi connectivity index (χ2v) is 5.89. The van der Waals surface area contributed by atoms with Gasteiger partial charge in [0.15, 0.2) is 0 Å². The molecule has 2 rings (SSSR count). The molecule has 0 aliphatic heterocycles. The molecule has 2 N–H and O–H groups in total. The van der Waals surface area contributed by atoms with Crippen LogP contribution in [0.5, 0.6) is 0 Å². The second kappa shape index (κ2) is 7.24. The lowest BCUT2D eigenvalue weighted by Gasteiger charge is -2.12.